The summed E-state index contributed by atoms with van der Waals surface area (Å²) < 4.78 is 0. The maximum atomic E-state index is 2.70. The van der Waals surface area contributed by atoms with Crippen LogP contribution in [0.15, 0.2) is 11.6 Å². The Labute approximate surface area is 85.2 Å². The van der Waals surface area contributed by atoms with E-state index in [0.29, 0.717) is 0 Å². The molecular weight excluding hydrogens is 179 g/mol. The molecule has 0 aromatic heterocycles. The number of hydrogen-bond acceptors (Lipinski definition) is 2. The average molecular weight is 202 g/mol. The SMILES string of the molecule is CCN(CC)C(=CP)N(CC)CC. The normalized spacial score (nSPS) is 9.62. The maximum absolute atomic E-state index is 2.70. The molecule has 0 aromatic rings. The third kappa shape index (κ3) is 3.56. The fourth-order valence-corrected chi connectivity index (χ4v) is 1.93. The zero-order valence-electron chi connectivity index (χ0n) is 9.38. The van der Waals surface area contributed by atoms with Crippen LogP contribution in [0.5, 0.6) is 0 Å². The summed E-state index contributed by atoms with van der Waals surface area (Å²) in [4.78, 5) is 4.75. The maximum Gasteiger partial charge on any atom is 0.104 e. The van der Waals surface area contributed by atoms with E-state index in [2.05, 4.69) is 52.6 Å². The van der Waals surface area contributed by atoms with E-state index < -0.39 is 0 Å². The van der Waals surface area contributed by atoms with Crippen LogP contribution in [-0.2, 0) is 0 Å². The highest BCUT2D eigenvalue weighted by Crippen LogP contribution is 2.12. The molecule has 0 spiro atoms. The van der Waals surface area contributed by atoms with Crippen molar-refractivity contribution in [2.45, 2.75) is 27.7 Å². The van der Waals surface area contributed by atoms with Crippen LogP contribution in [0, 0.1) is 0 Å². The minimum atomic E-state index is 1.08. The van der Waals surface area contributed by atoms with Gasteiger partial charge in [0.2, 0.25) is 0 Å². The van der Waals surface area contributed by atoms with Crippen LogP contribution in [0.3, 0.4) is 0 Å². The first-order chi connectivity index (χ1) is 6.24. The van der Waals surface area contributed by atoms with E-state index in [1.54, 1.807) is 0 Å². The number of rotatable bonds is 6. The Hall–Kier alpha value is -0.230. The summed E-state index contributed by atoms with van der Waals surface area (Å²) in [5.41, 5.74) is 0. The van der Waals surface area contributed by atoms with E-state index in [1.165, 1.54) is 5.82 Å². The highest BCUT2D eigenvalue weighted by Gasteiger charge is 2.09. The Morgan fingerprint density at radius 1 is 0.923 bits per heavy atom. The lowest BCUT2D eigenvalue weighted by Gasteiger charge is -2.33. The monoisotopic (exact) mass is 202 g/mol. The van der Waals surface area contributed by atoms with Gasteiger partial charge in [0, 0.05) is 26.2 Å². The molecule has 0 aliphatic rings. The van der Waals surface area contributed by atoms with Crippen molar-refractivity contribution in [3.8, 4) is 0 Å². The summed E-state index contributed by atoms with van der Waals surface area (Å²) in [6.45, 7) is 13.1. The molecule has 0 aliphatic heterocycles. The van der Waals surface area contributed by atoms with Gasteiger partial charge in [-0.3, -0.25) is 0 Å². The van der Waals surface area contributed by atoms with Crippen LogP contribution >= 0.6 is 9.24 Å². The molecule has 0 heterocycles. The molecule has 78 valence electrons. The summed E-state index contributed by atoms with van der Waals surface area (Å²) >= 11 is 0. The van der Waals surface area contributed by atoms with Crippen molar-refractivity contribution < 1.29 is 0 Å². The van der Waals surface area contributed by atoms with E-state index in [1.807, 2.05) is 0 Å². The lowest BCUT2D eigenvalue weighted by molar-refractivity contribution is 0.236. The fourth-order valence-electron chi connectivity index (χ4n) is 1.51. The molecule has 1 atom stereocenters. The van der Waals surface area contributed by atoms with Crippen LogP contribution in [0.4, 0.5) is 0 Å². The molecule has 0 N–H and O–H groups in total. The smallest absolute Gasteiger partial charge is 0.104 e. The zero-order chi connectivity index (χ0) is 10.3. The molecule has 2 nitrogen and oxygen atoms in total. The lowest BCUT2D eigenvalue weighted by Crippen LogP contribution is -2.35. The molecule has 0 saturated carbocycles. The van der Waals surface area contributed by atoms with Gasteiger partial charge < -0.3 is 9.80 Å². The van der Waals surface area contributed by atoms with Gasteiger partial charge in [0.15, 0.2) is 0 Å². The number of hydrogen-bond donors (Lipinski definition) is 0. The highest BCUT2D eigenvalue weighted by molar-refractivity contribution is 7.20. The predicted molar refractivity (Wildman–Crippen MR) is 63.6 cm³/mol. The quantitative estimate of drug-likeness (QED) is 0.610. The molecule has 0 bridgehead atoms. The van der Waals surface area contributed by atoms with Crippen LogP contribution in [0.2, 0.25) is 0 Å². The zero-order valence-corrected chi connectivity index (χ0v) is 10.5. The first-order valence-electron chi connectivity index (χ1n) is 5.16. The van der Waals surface area contributed by atoms with Crippen molar-refractivity contribution in [3.63, 3.8) is 0 Å². The van der Waals surface area contributed by atoms with E-state index in [0.717, 1.165) is 26.2 Å². The second-order valence-corrected chi connectivity index (χ2v) is 3.20. The molecule has 0 amide bonds. The van der Waals surface area contributed by atoms with Gasteiger partial charge in [-0.2, -0.15) is 0 Å². The molecule has 13 heavy (non-hydrogen) atoms. The summed E-state index contributed by atoms with van der Waals surface area (Å²) in [6.07, 6.45) is 0. The highest BCUT2D eigenvalue weighted by atomic mass is 31.0. The first-order valence-corrected chi connectivity index (χ1v) is 5.83. The molecule has 0 radical (unpaired) electrons. The summed E-state index contributed by atoms with van der Waals surface area (Å²) in [5, 5.41) is 0. The Kier molecular flexibility index (Phi) is 7.07. The molecule has 0 saturated heterocycles. The van der Waals surface area contributed by atoms with Gasteiger partial charge in [0.05, 0.1) is 0 Å². The van der Waals surface area contributed by atoms with E-state index in [9.17, 15) is 0 Å². The Bertz CT molecular complexity index is 135. The van der Waals surface area contributed by atoms with Crippen LogP contribution in [0.25, 0.3) is 0 Å². The van der Waals surface area contributed by atoms with Gasteiger partial charge in [-0.05, 0) is 33.5 Å². The third-order valence-corrected chi connectivity index (χ3v) is 2.62. The Morgan fingerprint density at radius 2 is 1.23 bits per heavy atom. The van der Waals surface area contributed by atoms with Gasteiger partial charge in [-0.1, -0.05) is 0 Å². The van der Waals surface area contributed by atoms with Gasteiger partial charge in [0.1, 0.15) is 5.82 Å². The minimum absolute atomic E-state index is 1.08. The predicted octanol–water partition coefficient (Wildman–Crippen LogP) is 2.34. The average Bonchev–Trinajstić information content (AvgIpc) is 2.18. The van der Waals surface area contributed by atoms with Crippen molar-refractivity contribution in [1.29, 1.82) is 0 Å². The van der Waals surface area contributed by atoms with E-state index >= 15 is 0 Å². The minimum Gasteiger partial charge on any atom is -0.359 e. The molecule has 1 unspecified atom stereocenters. The Balaban J connectivity index is 4.47. The molecule has 0 aromatic carbocycles. The van der Waals surface area contributed by atoms with Gasteiger partial charge in [0.25, 0.3) is 0 Å². The van der Waals surface area contributed by atoms with Gasteiger partial charge in [-0.25, -0.2) is 0 Å². The standard InChI is InChI=1S/C10H23N2P/c1-5-11(6-2)10(9-13)12(7-3)8-4/h9H,5-8,13H2,1-4H3. The largest absolute Gasteiger partial charge is 0.359 e. The summed E-state index contributed by atoms with van der Waals surface area (Å²) in [6, 6.07) is 0. The second kappa shape index (κ2) is 7.20. The lowest BCUT2D eigenvalue weighted by atomic mass is 10.4. The topological polar surface area (TPSA) is 6.48 Å². The Morgan fingerprint density at radius 3 is 1.38 bits per heavy atom. The number of nitrogens with zero attached hydrogens (tertiary/aromatic N) is 2. The molecule has 0 aliphatic carbocycles. The van der Waals surface area contributed by atoms with Crippen LogP contribution in [0.1, 0.15) is 27.7 Å². The first kappa shape index (κ1) is 12.8. The fraction of sp³-hybridized carbons (Fsp3) is 0.800. The van der Waals surface area contributed by atoms with Crippen LogP contribution in [-0.4, -0.2) is 36.0 Å². The van der Waals surface area contributed by atoms with Gasteiger partial charge in [-0.15, -0.1) is 9.24 Å². The van der Waals surface area contributed by atoms with Crippen molar-refractivity contribution >= 4 is 9.24 Å². The molecule has 0 fully saturated rings. The van der Waals surface area contributed by atoms with E-state index in [-0.39, 0.29) is 0 Å². The van der Waals surface area contributed by atoms with Gasteiger partial charge >= 0.3 is 0 Å². The summed E-state index contributed by atoms with van der Waals surface area (Å²) in [5.74, 6) is 3.46. The van der Waals surface area contributed by atoms with Crippen molar-refractivity contribution in [1.82, 2.24) is 9.80 Å². The van der Waals surface area contributed by atoms with Crippen molar-refractivity contribution in [3.05, 3.63) is 11.6 Å². The summed E-state index contributed by atoms with van der Waals surface area (Å²) in [7, 11) is 2.70. The van der Waals surface area contributed by atoms with Crippen LogP contribution < -0.4 is 0 Å². The van der Waals surface area contributed by atoms with E-state index in [4.69, 9.17) is 0 Å². The second-order valence-electron chi connectivity index (χ2n) is 2.87. The third-order valence-electron chi connectivity index (χ3n) is 2.32. The van der Waals surface area contributed by atoms with Crippen molar-refractivity contribution in [2.75, 3.05) is 26.2 Å². The molecular formula is C10H23N2P. The van der Waals surface area contributed by atoms with Crippen molar-refractivity contribution in [2.24, 2.45) is 0 Å². The molecule has 0 rings (SSSR count). The molecule has 3 heteroatoms.